The number of nitrogens with zero attached hydrogens (tertiary/aromatic N) is 2. The Kier molecular flexibility index (Phi) is 5.58. The van der Waals surface area contributed by atoms with Gasteiger partial charge in [-0.3, -0.25) is 0 Å². The van der Waals surface area contributed by atoms with Crippen LogP contribution in [-0.2, 0) is 0 Å². The van der Waals surface area contributed by atoms with Crippen LogP contribution in [0.2, 0.25) is 0 Å². The van der Waals surface area contributed by atoms with E-state index in [0.29, 0.717) is 0 Å². The number of halogens is 1. The van der Waals surface area contributed by atoms with Crippen molar-refractivity contribution in [1.29, 1.82) is 0 Å². The lowest BCUT2D eigenvalue weighted by atomic mass is 10.0. The molecule has 7 aromatic rings. The number of aromatic nitrogens is 2. The predicted octanol–water partition coefficient (Wildman–Crippen LogP) is 5.09. The van der Waals surface area contributed by atoms with Crippen molar-refractivity contribution in [3.8, 4) is 22.5 Å². The molecule has 0 amide bonds. The third kappa shape index (κ3) is 3.80. The normalized spacial score (nSPS) is 11.3. The SMILES string of the molecule is Cc1cc(C)cc(-n2c[n+](-c3ccccc3)c3cc(-c4cccc5c4oc4ccccc45)ccc32)c1.[Cl-]. The number of fused-ring (bicyclic) bond motifs is 4. The summed E-state index contributed by atoms with van der Waals surface area (Å²) in [6.45, 7) is 4.30. The highest BCUT2D eigenvalue weighted by Crippen LogP contribution is 2.36. The summed E-state index contributed by atoms with van der Waals surface area (Å²) in [5.74, 6) is 0. The summed E-state index contributed by atoms with van der Waals surface area (Å²) in [5.41, 5.74) is 11.2. The van der Waals surface area contributed by atoms with E-state index in [1.165, 1.54) is 16.8 Å². The Hall–Kier alpha value is -4.34. The second kappa shape index (κ2) is 8.95. The Bertz CT molecular complexity index is 1890. The zero-order chi connectivity index (χ0) is 24.2. The number of para-hydroxylation sites is 3. The second-order valence-electron chi connectivity index (χ2n) is 9.52. The number of hydrogen-bond donors (Lipinski definition) is 0. The molecule has 0 N–H and O–H groups in total. The van der Waals surface area contributed by atoms with E-state index >= 15 is 0 Å². The van der Waals surface area contributed by atoms with E-state index in [2.05, 4.69) is 126 Å². The highest BCUT2D eigenvalue weighted by atomic mass is 35.5. The van der Waals surface area contributed by atoms with Gasteiger partial charge in [0.05, 0.1) is 0 Å². The first kappa shape index (κ1) is 23.1. The van der Waals surface area contributed by atoms with Gasteiger partial charge in [-0.05, 0) is 79.1 Å². The molecule has 2 heterocycles. The van der Waals surface area contributed by atoms with E-state index in [1.54, 1.807) is 0 Å². The van der Waals surface area contributed by atoms with Gasteiger partial charge in [-0.1, -0.05) is 60.7 Å². The Morgan fingerprint density at radius 2 is 1.41 bits per heavy atom. The van der Waals surface area contributed by atoms with Gasteiger partial charge in [0.25, 0.3) is 6.33 Å². The molecule has 0 bridgehead atoms. The fourth-order valence-electron chi connectivity index (χ4n) is 5.39. The van der Waals surface area contributed by atoms with Crippen molar-refractivity contribution in [2.75, 3.05) is 0 Å². The van der Waals surface area contributed by atoms with Crippen LogP contribution in [0.1, 0.15) is 11.1 Å². The zero-order valence-electron chi connectivity index (χ0n) is 20.7. The van der Waals surface area contributed by atoms with Crippen LogP contribution in [0.25, 0.3) is 55.5 Å². The van der Waals surface area contributed by atoms with Crippen LogP contribution in [-0.4, -0.2) is 4.57 Å². The van der Waals surface area contributed by atoms with Crippen LogP contribution in [0.3, 0.4) is 0 Å². The van der Waals surface area contributed by atoms with Crippen molar-refractivity contribution in [3.63, 3.8) is 0 Å². The lowest BCUT2D eigenvalue weighted by Gasteiger charge is -2.04. The van der Waals surface area contributed by atoms with Crippen molar-refractivity contribution in [1.82, 2.24) is 4.57 Å². The maximum Gasteiger partial charge on any atom is 0.255 e. The van der Waals surface area contributed by atoms with Gasteiger partial charge in [0.2, 0.25) is 0 Å². The molecule has 2 aromatic heterocycles. The minimum Gasteiger partial charge on any atom is -1.00 e. The Balaban J connectivity index is 0.00000252. The summed E-state index contributed by atoms with van der Waals surface area (Å²) < 4.78 is 10.9. The molecule has 4 heteroatoms. The van der Waals surface area contributed by atoms with Gasteiger partial charge >= 0.3 is 0 Å². The molecule has 0 spiro atoms. The summed E-state index contributed by atoms with van der Waals surface area (Å²) in [6, 6.07) is 38.6. The van der Waals surface area contributed by atoms with Crippen LogP contribution in [0.5, 0.6) is 0 Å². The molecule has 7 rings (SSSR count). The predicted molar refractivity (Wildman–Crippen MR) is 147 cm³/mol. The maximum absolute atomic E-state index is 6.35. The van der Waals surface area contributed by atoms with Crippen LogP contribution in [0.15, 0.2) is 120 Å². The van der Waals surface area contributed by atoms with E-state index in [1.807, 2.05) is 12.1 Å². The van der Waals surface area contributed by atoms with Gasteiger partial charge in [0.15, 0.2) is 11.0 Å². The Morgan fingerprint density at radius 3 is 2.22 bits per heavy atom. The van der Waals surface area contributed by atoms with Gasteiger partial charge in [0, 0.05) is 16.3 Å². The molecule has 0 aliphatic rings. The fraction of sp³-hybridized carbons (Fsp3) is 0.0606. The average Bonchev–Trinajstić information content (AvgIpc) is 3.47. The van der Waals surface area contributed by atoms with Gasteiger partial charge in [0.1, 0.15) is 22.5 Å². The van der Waals surface area contributed by atoms with E-state index in [9.17, 15) is 0 Å². The number of benzene rings is 5. The molecule has 3 nitrogen and oxygen atoms in total. The summed E-state index contributed by atoms with van der Waals surface area (Å²) >= 11 is 0. The van der Waals surface area contributed by atoms with Crippen molar-refractivity contribution in [2.45, 2.75) is 13.8 Å². The zero-order valence-corrected chi connectivity index (χ0v) is 21.4. The highest BCUT2D eigenvalue weighted by molar-refractivity contribution is 6.09. The number of aryl methyl sites for hydroxylation is 2. The quantitative estimate of drug-likeness (QED) is 0.310. The number of rotatable bonds is 3. The molecule has 0 atom stereocenters. The van der Waals surface area contributed by atoms with E-state index in [-0.39, 0.29) is 12.4 Å². The largest absolute Gasteiger partial charge is 1.00 e. The van der Waals surface area contributed by atoms with E-state index < -0.39 is 0 Å². The summed E-state index contributed by atoms with van der Waals surface area (Å²) in [7, 11) is 0. The molecular weight excluding hydrogens is 476 g/mol. The first-order valence-electron chi connectivity index (χ1n) is 12.3. The van der Waals surface area contributed by atoms with Gasteiger partial charge in [-0.15, -0.1) is 0 Å². The minimum atomic E-state index is 0. The molecule has 180 valence electrons. The van der Waals surface area contributed by atoms with Crippen molar-refractivity contribution < 1.29 is 21.4 Å². The first-order chi connectivity index (χ1) is 17.7. The van der Waals surface area contributed by atoms with Gasteiger partial charge < -0.3 is 16.8 Å². The van der Waals surface area contributed by atoms with Crippen molar-refractivity contribution in [2.24, 2.45) is 0 Å². The summed E-state index contributed by atoms with van der Waals surface area (Å²) in [6.07, 6.45) is 2.19. The number of furan rings is 1. The van der Waals surface area contributed by atoms with Gasteiger partial charge in [-0.2, -0.15) is 9.13 Å². The third-order valence-corrected chi connectivity index (χ3v) is 6.96. The molecular formula is C33H25ClN2O. The number of hydrogen-bond acceptors (Lipinski definition) is 1. The minimum absolute atomic E-state index is 0. The average molecular weight is 501 g/mol. The number of imidazole rings is 1. The lowest BCUT2D eigenvalue weighted by molar-refractivity contribution is -0.567. The molecule has 0 unspecified atom stereocenters. The summed E-state index contributed by atoms with van der Waals surface area (Å²) in [5, 5.41) is 2.29. The van der Waals surface area contributed by atoms with E-state index in [0.717, 1.165) is 49.8 Å². The lowest BCUT2D eigenvalue weighted by Crippen LogP contribution is -3.00. The Morgan fingerprint density at radius 1 is 0.676 bits per heavy atom. The molecule has 0 fully saturated rings. The smallest absolute Gasteiger partial charge is 0.255 e. The maximum atomic E-state index is 6.35. The molecule has 37 heavy (non-hydrogen) atoms. The molecule has 0 aliphatic heterocycles. The Labute approximate surface area is 221 Å². The second-order valence-corrected chi connectivity index (χ2v) is 9.52. The molecule has 5 aromatic carbocycles. The van der Waals surface area contributed by atoms with Crippen LogP contribution >= 0.6 is 0 Å². The van der Waals surface area contributed by atoms with Crippen LogP contribution in [0, 0.1) is 13.8 Å². The molecule has 0 saturated heterocycles. The van der Waals surface area contributed by atoms with Crippen LogP contribution < -0.4 is 17.0 Å². The summed E-state index contributed by atoms with van der Waals surface area (Å²) in [4.78, 5) is 0. The van der Waals surface area contributed by atoms with Gasteiger partial charge in [-0.25, -0.2) is 0 Å². The first-order valence-corrected chi connectivity index (χ1v) is 12.3. The monoisotopic (exact) mass is 500 g/mol. The fourth-order valence-corrected chi connectivity index (χ4v) is 5.39. The van der Waals surface area contributed by atoms with Crippen molar-refractivity contribution >= 4 is 33.0 Å². The highest BCUT2D eigenvalue weighted by Gasteiger charge is 2.21. The van der Waals surface area contributed by atoms with Crippen LogP contribution in [0.4, 0.5) is 0 Å². The van der Waals surface area contributed by atoms with Crippen molar-refractivity contribution in [3.05, 3.63) is 127 Å². The molecule has 0 saturated carbocycles. The topological polar surface area (TPSA) is 21.9 Å². The van der Waals surface area contributed by atoms with E-state index in [4.69, 9.17) is 4.42 Å². The molecule has 0 aliphatic carbocycles. The third-order valence-electron chi connectivity index (χ3n) is 6.96. The standard InChI is InChI=1S/C33H25N2O.ClH/c1-22-17-23(2)19-26(18-22)35-21-34(25-9-4-3-5-10-25)31-20-24(15-16-30(31)35)27-12-8-13-29-28-11-6-7-14-32(28)36-33(27)29;/h3-21H,1-2H3;1H/q+1;/p-1. The molecule has 0 radical (unpaired) electrons.